The van der Waals surface area contributed by atoms with Gasteiger partial charge in [-0.2, -0.15) is 0 Å². The van der Waals surface area contributed by atoms with Crippen molar-refractivity contribution in [2.45, 2.75) is 27.7 Å². The highest BCUT2D eigenvalue weighted by Gasteiger charge is 2.14. The summed E-state index contributed by atoms with van der Waals surface area (Å²) in [6, 6.07) is 6.19. The SMILES string of the molecule is CCNc1nc(-c2sc(C)nc2C)nc2c(C)cccc12. The molecular formula is C16H18N4S. The summed E-state index contributed by atoms with van der Waals surface area (Å²) in [6.07, 6.45) is 0. The molecule has 2 heterocycles. The molecule has 108 valence electrons. The average molecular weight is 298 g/mol. The summed E-state index contributed by atoms with van der Waals surface area (Å²) < 4.78 is 0. The van der Waals surface area contributed by atoms with Gasteiger partial charge in [0.2, 0.25) is 0 Å². The number of hydrogen-bond donors (Lipinski definition) is 1. The Balaban J connectivity index is 2.29. The van der Waals surface area contributed by atoms with Crippen LogP contribution in [0.4, 0.5) is 5.82 Å². The van der Waals surface area contributed by atoms with Crippen molar-refractivity contribution in [1.29, 1.82) is 0 Å². The van der Waals surface area contributed by atoms with Crippen molar-refractivity contribution in [2.75, 3.05) is 11.9 Å². The average Bonchev–Trinajstić information content (AvgIpc) is 2.79. The topological polar surface area (TPSA) is 50.7 Å². The van der Waals surface area contributed by atoms with Crippen LogP contribution >= 0.6 is 11.3 Å². The lowest BCUT2D eigenvalue weighted by atomic mass is 10.1. The number of thiazole rings is 1. The lowest BCUT2D eigenvalue weighted by Gasteiger charge is -2.10. The number of benzene rings is 1. The molecule has 0 spiro atoms. The molecule has 1 aromatic carbocycles. The monoisotopic (exact) mass is 298 g/mol. The molecule has 0 saturated carbocycles. The summed E-state index contributed by atoms with van der Waals surface area (Å²) in [5.41, 5.74) is 3.16. The first kappa shape index (κ1) is 13.9. The summed E-state index contributed by atoms with van der Waals surface area (Å²) in [7, 11) is 0. The maximum atomic E-state index is 4.78. The van der Waals surface area contributed by atoms with Crippen LogP contribution in [0.15, 0.2) is 18.2 Å². The molecule has 3 rings (SSSR count). The van der Waals surface area contributed by atoms with E-state index in [1.807, 2.05) is 19.9 Å². The fourth-order valence-electron chi connectivity index (χ4n) is 2.44. The maximum absolute atomic E-state index is 4.78. The molecular weight excluding hydrogens is 280 g/mol. The van der Waals surface area contributed by atoms with Crippen LogP contribution in [0.3, 0.4) is 0 Å². The third-order valence-electron chi connectivity index (χ3n) is 3.38. The fraction of sp³-hybridized carbons (Fsp3) is 0.312. The van der Waals surface area contributed by atoms with Crippen molar-refractivity contribution in [1.82, 2.24) is 15.0 Å². The number of para-hydroxylation sites is 1. The van der Waals surface area contributed by atoms with Crippen molar-refractivity contribution >= 4 is 28.1 Å². The third kappa shape index (κ3) is 2.49. The van der Waals surface area contributed by atoms with Crippen LogP contribution < -0.4 is 5.32 Å². The second-order valence-corrected chi connectivity index (χ2v) is 6.25. The molecule has 0 unspecified atom stereocenters. The van der Waals surface area contributed by atoms with Gasteiger partial charge in [-0.3, -0.25) is 0 Å². The van der Waals surface area contributed by atoms with Crippen molar-refractivity contribution in [2.24, 2.45) is 0 Å². The van der Waals surface area contributed by atoms with Crippen LogP contribution in [-0.4, -0.2) is 21.5 Å². The number of rotatable bonds is 3. The zero-order valence-electron chi connectivity index (χ0n) is 12.7. The van der Waals surface area contributed by atoms with Gasteiger partial charge in [-0.1, -0.05) is 12.1 Å². The molecule has 0 aliphatic carbocycles. The second kappa shape index (κ2) is 5.41. The smallest absolute Gasteiger partial charge is 0.174 e. The summed E-state index contributed by atoms with van der Waals surface area (Å²) in [6.45, 7) is 9.02. The summed E-state index contributed by atoms with van der Waals surface area (Å²) in [5.74, 6) is 1.66. The molecule has 0 saturated heterocycles. The normalized spacial score (nSPS) is 11.0. The Kier molecular flexibility index (Phi) is 3.59. The van der Waals surface area contributed by atoms with E-state index < -0.39 is 0 Å². The molecule has 1 N–H and O–H groups in total. The van der Waals surface area contributed by atoms with Crippen LogP contribution in [0.2, 0.25) is 0 Å². The van der Waals surface area contributed by atoms with Gasteiger partial charge < -0.3 is 5.32 Å². The first-order valence-electron chi connectivity index (χ1n) is 7.05. The Labute approximate surface area is 128 Å². The van der Waals surface area contributed by atoms with Crippen molar-refractivity contribution in [3.63, 3.8) is 0 Å². The molecule has 0 fully saturated rings. The quantitative estimate of drug-likeness (QED) is 0.790. The Bertz CT molecular complexity index is 807. The summed E-state index contributed by atoms with van der Waals surface area (Å²) in [5, 5.41) is 5.46. The van der Waals surface area contributed by atoms with Gasteiger partial charge in [-0.15, -0.1) is 11.3 Å². The zero-order chi connectivity index (χ0) is 15.0. The maximum Gasteiger partial charge on any atom is 0.174 e. The van der Waals surface area contributed by atoms with Crippen molar-refractivity contribution < 1.29 is 0 Å². The highest BCUT2D eigenvalue weighted by Crippen LogP contribution is 2.31. The van der Waals surface area contributed by atoms with Crippen LogP contribution in [0.25, 0.3) is 21.6 Å². The number of aryl methyl sites for hydroxylation is 3. The second-order valence-electron chi connectivity index (χ2n) is 5.04. The van der Waals surface area contributed by atoms with Crippen LogP contribution in [0.1, 0.15) is 23.2 Å². The molecule has 21 heavy (non-hydrogen) atoms. The van der Waals surface area contributed by atoms with Gasteiger partial charge in [0.15, 0.2) is 5.82 Å². The van der Waals surface area contributed by atoms with E-state index in [1.165, 1.54) is 0 Å². The summed E-state index contributed by atoms with van der Waals surface area (Å²) >= 11 is 1.64. The number of fused-ring (bicyclic) bond motifs is 1. The highest BCUT2D eigenvalue weighted by molar-refractivity contribution is 7.15. The fourth-order valence-corrected chi connectivity index (χ4v) is 3.29. The van der Waals surface area contributed by atoms with E-state index in [1.54, 1.807) is 11.3 Å². The minimum atomic E-state index is 0.760. The van der Waals surface area contributed by atoms with Gasteiger partial charge in [0.05, 0.1) is 21.1 Å². The van der Waals surface area contributed by atoms with Gasteiger partial charge in [0.25, 0.3) is 0 Å². The molecule has 5 heteroatoms. The highest BCUT2D eigenvalue weighted by atomic mass is 32.1. The molecule has 0 aliphatic rings. The number of hydrogen-bond acceptors (Lipinski definition) is 5. The Morgan fingerprint density at radius 3 is 2.57 bits per heavy atom. The molecule has 0 atom stereocenters. The largest absolute Gasteiger partial charge is 0.370 e. The van der Waals surface area contributed by atoms with Crippen molar-refractivity contribution in [3.05, 3.63) is 34.5 Å². The number of nitrogens with zero attached hydrogens (tertiary/aromatic N) is 3. The van der Waals surface area contributed by atoms with E-state index in [4.69, 9.17) is 9.97 Å². The minimum Gasteiger partial charge on any atom is -0.370 e. The third-order valence-corrected chi connectivity index (χ3v) is 4.45. The molecule has 0 amide bonds. The van der Waals surface area contributed by atoms with Gasteiger partial charge in [-0.05, 0) is 39.3 Å². The number of aromatic nitrogens is 3. The predicted octanol–water partition coefficient (Wildman–Crippen LogP) is 4.11. The Morgan fingerprint density at radius 1 is 1.10 bits per heavy atom. The Hall–Kier alpha value is -2.01. The first-order valence-corrected chi connectivity index (χ1v) is 7.87. The minimum absolute atomic E-state index is 0.760. The van der Waals surface area contributed by atoms with Crippen LogP contribution in [-0.2, 0) is 0 Å². The molecule has 3 aromatic rings. The molecule has 0 bridgehead atoms. The van der Waals surface area contributed by atoms with Gasteiger partial charge in [0.1, 0.15) is 5.82 Å². The van der Waals surface area contributed by atoms with Crippen LogP contribution in [0.5, 0.6) is 0 Å². The number of nitrogens with one attached hydrogen (secondary N) is 1. The molecule has 4 nitrogen and oxygen atoms in total. The van der Waals surface area contributed by atoms with E-state index in [9.17, 15) is 0 Å². The Morgan fingerprint density at radius 2 is 1.90 bits per heavy atom. The van der Waals surface area contributed by atoms with E-state index in [0.717, 1.165) is 50.2 Å². The van der Waals surface area contributed by atoms with Gasteiger partial charge >= 0.3 is 0 Å². The van der Waals surface area contributed by atoms with E-state index in [-0.39, 0.29) is 0 Å². The van der Waals surface area contributed by atoms with E-state index in [0.29, 0.717) is 0 Å². The molecule has 2 aromatic heterocycles. The van der Waals surface area contributed by atoms with Crippen molar-refractivity contribution in [3.8, 4) is 10.7 Å². The van der Waals surface area contributed by atoms with E-state index >= 15 is 0 Å². The van der Waals surface area contributed by atoms with E-state index in [2.05, 4.69) is 36.3 Å². The molecule has 0 radical (unpaired) electrons. The van der Waals surface area contributed by atoms with Gasteiger partial charge in [0, 0.05) is 11.9 Å². The van der Waals surface area contributed by atoms with Gasteiger partial charge in [-0.25, -0.2) is 15.0 Å². The van der Waals surface area contributed by atoms with Crippen LogP contribution in [0, 0.1) is 20.8 Å². The lowest BCUT2D eigenvalue weighted by molar-refractivity contribution is 1.13. The zero-order valence-corrected chi connectivity index (χ0v) is 13.5. The standard InChI is InChI=1S/C16H18N4S/c1-5-17-15-12-8-6-7-9(2)13(12)19-16(20-15)14-10(3)18-11(4)21-14/h6-8H,5H2,1-4H3,(H,17,19,20). The summed E-state index contributed by atoms with van der Waals surface area (Å²) in [4.78, 5) is 15.0. The molecule has 0 aliphatic heterocycles. The number of anilines is 1. The first-order chi connectivity index (χ1) is 10.1. The lowest BCUT2D eigenvalue weighted by Crippen LogP contribution is -2.03. The predicted molar refractivity (Wildman–Crippen MR) is 89.0 cm³/mol.